The van der Waals surface area contributed by atoms with E-state index in [1.54, 1.807) is 0 Å². The number of aliphatic hydroxyl groups is 1. The molecule has 104 valence electrons. The van der Waals surface area contributed by atoms with Gasteiger partial charge in [0.1, 0.15) is 17.8 Å². The number of carboxylic acids is 1. The van der Waals surface area contributed by atoms with E-state index in [1.165, 1.54) is 7.11 Å². The third-order valence-corrected chi connectivity index (χ3v) is 3.44. The first-order valence-corrected chi connectivity index (χ1v) is 6.18. The van der Waals surface area contributed by atoms with Crippen molar-refractivity contribution >= 4 is 5.97 Å². The van der Waals surface area contributed by atoms with E-state index in [1.807, 2.05) is 24.3 Å². The monoisotopic (exact) mass is 266 g/mol. The predicted octanol–water partition coefficient (Wildman–Crippen LogP) is 1.09. The summed E-state index contributed by atoms with van der Waals surface area (Å²) in [4.78, 5) is 11.6. The van der Waals surface area contributed by atoms with Crippen LogP contribution in [0.15, 0.2) is 24.3 Å². The molecule has 1 aliphatic heterocycles. The maximum absolute atomic E-state index is 11.6. The normalized spacial score (nSPS) is 23.3. The minimum Gasteiger partial charge on any atom is -0.492 e. The number of benzene rings is 1. The third-order valence-electron chi connectivity index (χ3n) is 3.44. The van der Waals surface area contributed by atoms with Crippen LogP contribution in [-0.4, -0.2) is 42.6 Å². The van der Waals surface area contributed by atoms with Crippen molar-refractivity contribution in [2.24, 2.45) is 5.41 Å². The minimum absolute atomic E-state index is 0.0696. The van der Waals surface area contributed by atoms with Gasteiger partial charge in [0.05, 0.1) is 12.7 Å². The zero-order valence-electron chi connectivity index (χ0n) is 10.8. The first kappa shape index (κ1) is 13.8. The lowest BCUT2D eigenvalue weighted by Crippen LogP contribution is -2.45. The van der Waals surface area contributed by atoms with Crippen LogP contribution in [0.3, 0.4) is 0 Å². The second-order valence-corrected chi connectivity index (χ2v) is 4.97. The largest absolute Gasteiger partial charge is 0.492 e. The van der Waals surface area contributed by atoms with Crippen LogP contribution in [0.1, 0.15) is 12.0 Å². The zero-order valence-corrected chi connectivity index (χ0v) is 10.8. The standard InChI is InChI=1S/C14H18O5/c1-18-8-11(15)7-14(13(16)17)6-10-4-2-3-5-12(10)19-9-14/h2-5,11,15H,6-9H2,1H3,(H,16,17). The third kappa shape index (κ3) is 2.88. The van der Waals surface area contributed by atoms with Gasteiger partial charge in [0.15, 0.2) is 0 Å². The molecule has 0 saturated heterocycles. The number of carboxylic acid groups (broad SMARTS) is 1. The number of hydrogen-bond acceptors (Lipinski definition) is 4. The molecule has 2 N–H and O–H groups in total. The number of ether oxygens (including phenoxy) is 2. The fraction of sp³-hybridized carbons (Fsp3) is 0.500. The lowest BCUT2D eigenvalue weighted by Gasteiger charge is -2.35. The van der Waals surface area contributed by atoms with Gasteiger partial charge in [0.25, 0.3) is 0 Å². The van der Waals surface area contributed by atoms with E-state index in [0.29, 0.717) is 6.42 Å². The lowest BCUT2D eigenvalue weighted by atomic mass is 9.76. The Morgan fingerprint density at radius 3 is 2.95 bits per heavy atom. The number of hydrogen-bond donors (Lipinski definition) is 2. The zero-order chi connectivity index (χ0) is 13.9. The fourth-order valence-electron chi connectivity index (χ4n) is 2.48. The Hall–Kier alpha value is -1.59. The van der Waals surface area contributed by atoms with Crippen LogP contribution in [0.2, 0.25) is 0 Å². The van der Waals surface area contributed by atoms with E-state index in [9.17, 15) is 15.0 Å². The topological polar surface area (TPSA) is 76.0 Å². The molecule has 0 fully saturated rings. The van der Waals surface area contributed by atoms with Crippen LogP contribution < -0.4 is 4.74 Å². The Bertz CT molecular complexity index is 459. The average Bonchev–Trinajstić information content (AvgIpc) is 2.38. The second kappa shape index (κ2) is 5.59. The summed E-state index contributed by atoms with van der Waals surface area (Å²) in [5, 5.41) is 19.3. The molecule has 5 nitrogen and oxygen atoms in total. The van der Waals surface area contributed by atoms with Crippen molar-refractivity contribution in [2.45, 2.75) is 18.9 Å². The summed E-state index contributed by atoms with van der Waals surface area (Å²) in [7, 11) is 1.48. The molecule has 2 atom stereocenters. The van der Waals surface area contributed by atoms with Gasteiger partial charge in [-0.05, 0) is 24.5 Å². The van der Waals surface area contributed by atoms with Gasteiger partial charge in [-0.15, -0.1) is 0 Å². The van der Waals surface area contributed by atoms with Crippen molar-refractivity contribution in [3.8, 4) is 5.75 Å². The number of methoxy groups -OCH3 is 1. The minimum atomic E-state index is -1.09. The van der Waals surface area contributed by atoms with Gasteiger partial charge >= 0.3 is 5.97 Å². The molecule has 0 radical (unpaired) electrons. The van der Waals surface area contributed by atoms with Crippen LogP contribution in [0.5, 0.6) is 5.75 Å². The molecule has 2 rings (SSSR count). The van der Waals surface area contributed by atoms with Gasteiger partial charge < -0.3 is 19.7 Å². The van der Waals surface area contributed by atoms with Gasteiger partial charge in [-0.1, -0.05) is 18.2 Å². The number of aliphatic carboxylic acids is 1. The number of fused-ring (bicyclic) bond motifs is 1. The van der Waals surface area contributed by atoms with Crippen molar-refractivity contribution in [2.75, 3.05) is 20.3 Å². The van der Waals surface area contributed by atoms with E-state index < -0.39 is 17.5 Å². The first-order chi connectivity index (χ1) is 9.07. The molecule has 0 bridgehead atoms. The van der Waals surface area contributed by atoms with Crippen LogP contribution in [0, 0.1) is 5.41 Å². The summed E-state index contributed by atoms with van der Waals surface area (Å²) in [6.07, 6.45) is -0.334. The van der Waals surface area contributed by atoms with Gasteiger partial charge in [-0.2, -0.15) is 0 Å². The molecule has 0 aromatic heterocycles. The molecule has 19 heavy (non-hydrogen) atoms. The molecule has 0 amide bonds. The first-order valence-electron chi connectivity index (χ1n) is 6.18. The van der Waals surface area contributed by atoms with Crippen molar-refractivity contribution in [3.05, 3.63) is 29.8 Å². The highest BCUT2D eigenvalue weighted by Gasteiger charge is 2.44. The van der Waals surface area contributed by atoms with E-state index in [-0.39, 0.29) is 19.6 Å². The number of para-hydroxylation sites is 1. The number of aliphatic hydroxyl groups excluding tert-OH is 1. The summed E-state index contributed by atoms with van der Waals surface area (Å²) in [5.74, 6) is -0.224. The molecule has 0 aliphatic carbocycles. The molecule has 5 heteroatoms. The highest BCUT2D eigenvalue weighted by Crippen LogP contribution is 2.38. The SMILES string of the molecule is COCC(O)CC1(C(=O)O)COc2ccccc2C1. The summed E-state index contributed by atoms with van der Waals surface area (Å²) in [6, 6.07) is 7.39. The number of rotatable bonds is 5. The lowest BCUT2D eigenvalue weighted by molar-refractivity contribution is -0.154. The van der Waals surface area contributed by atoms with Gasteiger partial charge in [-0.3, -0.25) is 4.79 Å². The number of carbonyl (C=O) groups is 1. The van der Waals surface area contributed by atoms with Gasteiger partial charge in [0.2, 0.25) is 0 Å². The summed E-state index contributed by atoms with van der Waals surface area (Å²) in [5.41, 5.74) is -0.229. The molecule has 1 aliphatic rings. The molecule has 1 heterocycles. The van der Waals surface area contributed by atoms with E-state index >= 15 is 0 Å². The molecule has 0 spiro atoms. The fourth-order valence-corrected chi connectivity index (χ4v) is 2.48. The molecule has 1 aromatic carbocycles. The van der Waals surface area contributed by atoms with E-state index in [0.717, 1.165) is 11.3 Å². The predicted molar refractivity (Wildman–Crippen MR) is 68.2 cm³/mol. The molecule has 1 aromatic rings. The molecule has 0 saturated carbocycles. The second-order valence-electron chi connectivity index (χ2n) is 4.97. The van der Waals surface area contributed by atoms with Crippen molar-refractivity contribution in [1.82, 2.24) is 0 Å². The molecule has 2 unspecified atom stereocenters. The van der Waals surface area contributed by atoms with E-state index in [2.05, 4.69) is 0 Å². The Morgan fingerprint density at radius 2 is 2.26 bits per heavy atom. The Morgan fingerprint density at radius 1 is 1.53 bits per heavy atom. The van der Waals surface area contributed by atoms with Crippen LogP contribution >= 0.6 is 0 Å². The van der Waals surface area contributed by atoms with E-state index in [4.69, 9.17) is 9.47 Å². The Kier molecular flexibility index (Phi) is 4.07. The highest BCUT2D eigenvalue weighted by atomic mass is 16.5. The van der Waals surface area contributed by atoms with Crippen LogP contribution in [-0.2, 0) is 16.0 Å². The van der Waals surface area contributed by atoms with Crippen LogP contribution in [0.25, 0.3) is 0 Å². The Balaban J connectivity index is 2.21. The van der Waals surface area contributed by atoms with Crippen molar-refractivity contribution in [1.29, 1.82) is 0 Å². The van der Waals surface area contributed by atoms with Crippen molar-refractivity contribution in [3.63, 3.8) is 0 Å². The molecular weight excluding hydrogens is 248 g/mol. The van der Waals surface area contributed by atoms with Crippen molar-refractivity contribution < 1.29 is 24.5 Å². The van der Waals surface area contributed by atoms with Gasteiger partial charge in [-0.25, -0.2) is 0 Å². The summed E-state index contributed by atoms with van der Waals surface area (Å²) >= 11 is 0. The quantitative estimate of drug-likeness (QED) is 0.834. The average molecular weight is 266 g/mol. The summed E-state index contributed by atoms with van der Waals surface area (Å²) in [6.45, 7) is 0.191. The Labute approximate surface area is 111 Å². The maximum atomic E-state index is 11.6. The van der Waals surface area contributed by atoms with Crippen LogP contribution in [0.4, 0.5) is 0 Å². The smallest absolute Gasteiger partial charge is 0.313 e. The molecular formula is C14H18O5. The highest BCUT2D eigenvalue weighted by molar-refractivity contribution is 5.76. The van der Waals surface area contributed by atoms with Gasteiger partial charge in [0, 0.05) is 7.11 Å². The maximum Gasteiger partial charge on any atom is 0.313 e. The summed E-state index contributed by atoms with van der Waals surface area (Å²) < 4.78 is 10.4.